The maximum atomic E-state index is 12.2. The van der Waals surface area contributed by atoms with Gasteiger partial charge in [-0.3, -0.25) is 0 Å². The molecule has 1 aromatic rings. The summed E-state index contributed by atoms with van der Waals surface area (Å²) in [7, 11) is 1.66. The molecular weight excluding hydrogens is 216 g/mol. The molecule has 2 aliphatic heterocycles. The van der Waals surface area contributed by atoms with Crippen molar-refractivity contribution in [2.45, 2.75) is 19.3 Å². The largest absolute Gasteiger partial charge is 0.497 e. The molecule has 4 nitrogen and oxygen atoms in total. The Balaban J connectivity index is 2.05. The van der Waals surface area contributed by atoms with Crippen molar-refractivity contribution in [3.05, 3.63) is 18.2 Å². The number of fused-ring (bicyclic) bond motifs is 2. The van der Waals surface area contributed by atoms with E-state index in [9.17, 15) is 4.79 Å². The molecular formula is C13H17N2O2+. The third-order valence-electron chi connectivity index (χ3n) is 3.86. The van der Waals surface area contributed by atoms with E-state index in [1.807, 2.05) is 18.2 Å². The molecule has 1 unspecified atom stereocenters. The third-order valence-corrected chi connectivity index (χ3v) is 3.86. The van der Waals surface area contributed by atoms with E-state index >= 15 is 0 Å². The number of quaternary nitrogens is 1. The van der Waals surface area contributed by atoms with E-state index in [1.54, 1.807) is 7.11 Å². The Hall–Kier alpha value is -1.55. The highest BCUT2D eigenvalue weighted by atomic mass is 16.5. The third kappa shape index (κ3) is 1.44. The molecule has 0 aliphatic carbocycles. The number of carbonyl (C=O) groups excluding carboxylic acids is 1. The van der Waals surface area contributed by atoms with Crippen molar-refractivity contribution in [1.29, 1.82) is 0 Å². The fourth-order valence-corrected chi connectivity index (χ4v) is 2.88. The summed E-state index contributed by atoms with van der Waals surface area (Å²) in [5, 5.41) is 3.34. The molecule has 0 saturated carbocycles. The SMILES string of the molecule is COc1ccc2c(c1)NC[N+]21CCCCC1=O. The van der Waals surface area contributed by atoms with Crippen LogP contribution in [0, 0.1) is 0 Å². The average molecular weight is 233 g/mol. The molecule has 17 heavy (non-hydrogen) atoms. The molecule has 1 N–H and O–H groups in total. The highest BCUT2D eigenvalue weighted by Crippen LogP contribution is 2.42. The number of rotatable bonds is 1. The average Bonchev–Trinajstić information content (AvgIpc) is 2.72. The van der Waals surface area contributed by atoms with E-state index < -0.39 is 0 Å². The summed E-state index contributed by atoms with van der Waals surface area (Å²) in [4.78, 5) is 12.2. The lowest BCUT2D eigenvalue weighted by Crippen LogP contribution is -2.56. The summed E-state index contributed by atoms with van der Waals surface area (Å²) in [5.74, 6) is 1.17. The van der Waals surface area contributed by atoms with Gasteiger partial charge in [-0.15, -0.1) is 0 Å². The van der Waals surface area contributed by atoms with Gasteiger partial charge in [-0.25, -0.2) is 9.28 Å². The number of nitrogens with zero attached hydrogens (tertiary/aromatic N) is 1. The maximum absolute atomic E-state index is 12.2. The smallest absolute Gasteiger partial charge is 0.320 e. The minimum absolute atomic E-state index is 0.340. The Morgan fingerprint density at radius 2 is 2.24 bits per heavy atom. The molecule has 2 aliphatic rings. The molecule has 1 fully saturated rings. The number of amides is 1. The molecule has 1 atom stereocenters. The highest BCUT2D eigenvalue weighted by molar-refractivity contribution is 5.95. The van der Waals surface area contributed by atoms with Crippen LogP contribution in [0.25, 0.3) is 0 Å². The van der Waals surface area contributed by atoms with Crippen molar-refractivity contribution in [3.8, 4) is 5.75 Å². The van der Waals surface area contributed by atoms with E-state index in [4.69, 9.17) is 4.74 Å². The van der Waals surface area contributed by atoms with Crippen molar-refractivity contribution in [1.82, 2.24) is 4.48 Å². The zero-order chi connectivity index (χ0) is 11.9. The second-order valence-corrected chi connectivity index (χ2v) is 4.76. The fraction of sp³-hybridized carbons (Fsp3) is 0.462. The first-order chi connectivity index (χ1) is 8.26. The van der Waals surface area contributed by atoms with Gasteiger partial charge >= 0.3 is 5.91 Å². The normalized spacial score (nSPS) is 26.8. The molecule has 4 heteroatoms. The molecule has 1 spiro atoms. The number of hydrogen-bond donors (Lipinski definition) is 1. The Labute approximate surface area is 101 Å². The maximum Gasteiger partial charge on any atom is 0.320 e. The predicted molar refractivity (Wildman–Crippen MR) is 67.0 cm³/mol. The molecule has 0 aromatic heterocycles. The molecule has 90 valence electrons. The molecule has 1 amide bonds. The van der Waals surface area contributed by atoms with Crippen LogP contribution in [0.3, 0.4) is 0 Å². The van der Waals surface area contributed by atoms with Crippen LogP contribution >= 0.6 is 0 Å². The molecule has 1 saturated heterocycles. The fourth-order valence-electron chi connectivity index (χ4n) is 2.88. The first-order valence-corrected chi connectivity index (χ1v) is 6.09. The number of anilines is 1. The van der Waals surface area contributed by atoms with Gasteiger partial charge in [0.2, 0.25) is 0 Å². The number of ether oxygens (including phenoxy) is 1. The van der Waals surface area contributed by atoms with Crippen molar-refractivity contribution in [2.75, 3.05) is 25.6 Å². The van der Waals surface area contributed by atoms with Crippen molar-refractivity contribution in [2.24, 2.45) is 0 Å². The van der Waals surface area contributed by atoms with Gasteiger partial charge in [0, 0.05) is 12.1 Å². The summed E-state index contributed by atoms with van der Waals surface area (Å²) in [5.41, 5.74) is 2.15. The quantitative estimate of drug-likeness (QED) is 0.755. The van der Waals surface area contributed by atoms with Gasteiger partial charge in [0.25, 0.3) is 0 Å². The van der Waals surface area contributed by atoms with Crippen LogP contribution in [0.1, 0.15) is 19.3 Å². The second kappa shape index (κ2) is 3.74. The zero-order valence-corrected chi connectivity index (χ0v) is 10.0. The van der Waals surface area contributed by atoms with Gasteiger partial charge in [0.05, 0.1) is 20.1 Å². The molecule has 0 bridgehead atoms. The summed E-state index contributed by atoms with van der Waals surface area (Å²) in [6.07, 6.45) is 2.86. The van der Waals surface area contributed by atoms with Crippen LogP contribution in [0.15, 0.2) is 18.2 Å². The van der Waals surface area contributed by atoms with Crippen LogP contribution in [0.5, 0.6) is 5.75 Å². The highest BCUT2D eigenvalue weighted by Gasteiger charge is 2.46. The van der Waals surface area contributed by atoms with Crippen molar-refractivity contribution >= 4 is 17.3 Å². The van der Waals surface area contributed by atoms with Gasteiger partial charge in [0.15, 0.2) is 12.4 Å². The van der Waals surface area contributed by atoms with Gasteiger partial charge in [0.1, 0.15) is 11.4 Å². The standard InChI is InChI=1S/C13H17N2O2/c1-17-10-5-6-12-11(8-10)14-9-15(12)7-3-2-4-13(15)16/h5-6,8,14H,2-4,7,9H2,1H3/q+1. The van der Waals surface area contributed by atoms with Gasteiger partial charge in [-0.1, -0.05) is 0 Å². The van der Waals surface area contributed by atoms with Gasteiger partial charge in [-0.05, 0) is 18.9 Å². The van der Waals surface area contributed by atoms with Crippen molar-refractivity contribution < 1.29 is 9.53 Å². The lowest BCUT2D eigenvalue weighted by Gasteiger charge is -2.33. The van der Waals surface area contributed by atoms with E-state index in [-0.39, 0.29) is 0 Å². The molecule has 3 rings (SSSR count). The second-order valence-electron chi connectivity index (χ2n) is 4.76. The summed E-state index contributed by atoms with van der Waals surface area (Å²) >= 11 is 0. The summed E-state index contributed by atoms with van der Waals surface area (Å²) in [6.45, 7) is 1.62. The molecule has 1 aromatic carbocycles. The number of carbonyl (C=O) groups is 1. The van der Waals surface area contributed by atoms with Crippen LogP contribution < -0.4 is 14.5 Å². The predicted octanol–water partition coefficient (Wildman–Crippen LogP) is 2.10. The van der Waals surface area contributed by atoms with Crippen LogP contribution in [0.2, 0.25) is 0 Å². The number of benzene rings is 1. The topological polar surface area (TPSA) is 38.3 Å². The molecule has 0 radical (unpaired) electrons. The number of hydrogen-bond acceptors (Lipinski definition) is 3. The van der Waals surface area contributed by atoms with E-state index in [2.05, 4.69) is 5.32 Å². The van der Waals surface area contributed by atoms with Gasteiger partial charge < -0.3 is 10.1 Å². The van der Waals surface area contributed by atoms with Crippen LogP contribution in [-0.4, -0.2) is 26.2 Å². The Bertz CT molecular complexity index is 472. The Morgan fingerprint density at radius 1 is 1.35 bits per heavy atom. The van der Waals surface area contributed by atoms with E-state index in [0.29, 0.717) is 23.5 Å². The number of nitrogens with one attached hydrogen (secondary N) is 1. The van der Waals surface area contributed by atoms with Crippen LogP contribution in [0.4, 0.5) is 11.4 Å². The first kappa shape index (κ1) is 10.6. The van der Waals surface area contributed by atoms with E-state index in [1.165, 1.54) is 0 Å². The lowest BCUT2D eigenvalue weighted by atomic mass is 10.1. The number of piperidine rings is 1. The van der Waals surface area contributed by atoms with Gasteiger partial charge in [-0.2, -0.15) is 0 Å². The first-order valence-electron chi connectivity index (χ1n) is 6.09. The number of methoxy groups -OCH3 is 1. The van der Waals surface area contributed by atoms with Crippen molar-refractivity contribution in [3.63, 3.8) is 0 Å². The van der Waals surface area contributed by atoms with Crippen LogP contribution in [-0.2, 0) is 4.79 Å². The van der Waals surface area contributed by atoms with E-state index in [0.717, 1.165) is 36.5 Å². The zero-order valence-electron chi connectivity index (χ0n) is 10.0. The minimum atomic E-state index is 0.340. The molecule has 2 heterocycles. The monoisotopic (exact) mass is 233 g/mol. The Morgan fingerprint density at radius 3 is 3.00 bits per heavy atom. The minimum Gasteiger partial charge on any atom is -0.497 e. The summed E-state index contributed by atoms with van der Waals surface area (Å²) < 4.78 is 5.70. The Kier molecular flexibility index (Phi) is 2.33. The lowest BCUT2D eigenvalue weighted by molar-refractivity contribution is -0.131. The summed E-state index contributed by atoms with van der Waals surface area (Å²) in [6, 6.07) is 5.94.